The number of hydrogen-bond donors (Lipinski definition) is 2. The molecule has 6 nitrogen and oxygen atoms in total. The standard InChI is InChI=1S/C21H27BrN2O4/c1-6-28-19-12-15(11-17(22)20(19)27-5)21(25)23-13-18(24(2)3)14-7-9-16(26-4)10-8-14/h7-12,18H,6,13H2,1-5H3,(H,23,25)/p+1/t18-/m1/s1. The number of amides is 1. The van der Waals surface area contributed by atoms with Gasteiger partial charge < -0.3 is 24.4 Å². The van der Waals surface area contributed by atoms with E-state index < -0.39 is 0 Å². The van der Waals surface area contributed by atoms with Crippen molar-refractivity contribution in [1.29, 1.82) is 0 Å². The summed E-state index contributed by atoms with van der Waals surface area (Å²) in [5, 5.41) is 3.03. The van der Waals surface area contributed by atoms with Gasteiger partial charge in [-0.3, -0.25) is 4.79 Å². The summed E-state index contributed by atoms with van der Waals surface area (Å²) in [6.45, 7) is 2.87. The highest BCUT2D eigenvalue weighted by atomic mass is 79.9. The zero-order chi connectivity index (χ0) is 20.7. The van der Waals surface area contributed by atoms with Crippen LogP contribution in [0, 0.1) is 0 Å². The fourth-order valence-electron chi connectivity index (χ4n) is 2.95. The van der Waals surface area contributed by atoms with Crippen molar-refractivity contribution < 1.29 is 23.9 Å². The van der Waals surface area contributed by atoms with Crippen LogP contribution in [0.1, 0.15) is 28.9 Å². The Kier molecular flexibility index (Phi) is 8.14. The fraction of sp³-hybridized carbons (Fsp3) is 0.381. The molecule has 2 N–H and O–H groups in total. The summed E-state index contributed by atoms with van der Waals surface area (Å²) in [5.74, 6) is 1.76. The molecule has 0 aliphatic carbocycles. The largest absolute Gasteiger partial charge is 0.497 e. The second-order valence-electron chi connectivity index (χ2n) is 6.54. The van der Waals surface area contributed by atoms with Gasteiger partial charge in [-0.1, -0.05) is 0 Å². The van der Waals surface area contributed by atoms with Crippen molar-refractivity contribution in [2.75, 3.05) is 41.5 Å². The number of quaternary nitrogens is 1. The van der Waals surface area contributed by atoms with Crippen LogP contribution in [0.3, 0.4) is 0 Å². The Labute approximate surface area is 174 Å². The molecule has 2 aromatic carbocycles. The molecule has 0 saturated heterocycles. The Morgan fingerprint density at radius 2 is 1.82 bits per heavy atom. The second kappa shape index (κ2) is 10.3. The average Bonchev–Trinajstić information content (AvgIpc) is 2.68. The summed E-state index contributed by atoms with van der Waals surface area (Å²) in [7, 11) is 7.35. The number of nitrogens with one attached hydrogen (secondary N) is 2. The molecular formula is C21H28BrN2O4+. The summed E-state index contributed by atoms with van der Waals surface area (Å²) in [5.41, 5.74) is 1.64. The van der Waals surface area contributed by atoms with E-state index in [0.717, 1.165) is 11.3 Å². The molecular weight excluding hydrogens is 424 g/mol. The van der Waals surface area contributed by atoms with Gasteiger partial charge in [0, 0.05) is 11.1 Å². The van der Waals surface area contributed by atoms with Gasteiger partial charge >= 0.3 is 0 Å². The number of carbonyl (C=O) groups excluding carboxylic acids is 1. The van der Waals surface area contributed by atoms with Gasteiger partial charge in [0.05, 0.1) is 45.9 Å². The van der Waals surface area contributed by atoms with Crippen molar-refractivity contribution in [3.63, 3.8) is 0 Å². The van der Waals surface area contributed by atoms with Crippen LogP contribution >= 0.6 is 15.9 Å². The molecule has 0 saturated carbocycles. The Morgan fingerprint density at radius 3 is 2.36 bits per heavy atom. The SMILES string of the molecule is CCOc1cc(C(=O)NC[C@H](c2ccc(OC)cc2)[NH+](C)C)cc(Br)c1OC. The molecule has 2 aromatic rings. The molecule has 0 aliphatic rings. The third-order valence-electron chi connectivity index (χ3n) is 4.46. The second-order valence-corrected chi connectivity index (χ2v) is 7.39. The van der Waals surface area contributed by atoms with Crippen LogP contribution in [0.2, 0.25) is 0 Å². The predicted octanol–water partition coefficient (Wildman–Crippen LogP) is 2.48. The Bertz CT molecular complexity index is 794. The molecule has 0 fully saturated rings. The summed E-state index contributed by atoms with van der Waals surface area (Å²) in [6.07, 6.45) is 0. The van der Waals surface area contributed by atoms with E-state index in [9.17, 15) is 4.79 Å². The number of carbonyl (C=O) groups is 1. The molecule has 152 valence electrons. The normalized spacial score (nSPS) is 11.8. The minimum atomic E-state index is -0.163. The lowest BCUT2D eigenvalue weighted by Crippen LogP contribution is -3.07. The van der Waals surface area contributed by atoms with Gasteiger partial charge in [-0.25, -0.2) is 0 Å². The molecule has 2 rings (SSSR count). The number of methoxy groups -OCH3 is 2. The van der Waals surface area contributed by atoms with E-state index in [0.29, 0.717) is 34.7 Å². The van der Waals surface area contributed by atoms with E-state index in [1.54, 1.807) is 26.4 Å². The molecule has 28 heavy (non-hydrogen) atoms. The third kappa shape index (κ3) is 5.39. The van der Waals surface area contributed by atoms with Crippen molar-refractivity contribution in [3.8, 4) is 17.2 Å². The lowest BCUT2D eigenvalue weighted by Gasteiger charge is -2.22. The lowest BCUT2D eigenvalue weighted by atomic mass is 10.1. The van der Waals surface area contributed by atoms with Gasteiger partial charge in [0.15, 0.2) is 11.5 Å². The minimum absolute atomic E-state index is 0.114. The molecule has 0 unspecified atom stereocenters. The monoisotopic (exact) mass is 451 g/mol. The summed E-state index contributed by atoms with van der Waals surface area (Å²) >= 11 is 3.45. The van der Waals surface area contributed by atoms with Crippen LogP contribution < -0.4 is 24.4 Å². The van der Waals surface area contributed by atoms with E-state index in [-0.39, 0.29) is 11.9 Å². The van der Waals surface area contributed by atoms with Crippen LogP contribution in [0.15, 0.2) is 40.9 Å². The van der Waals surface area contributed by atoms with Crippen molar-refractivity contribution in [2.45, 2.75) is 13.0 Å². The molecule has 0 aromatic heterocycles. The van der Waals surface area contributed by atoms with Crippen molar-refractivity contribution in [1.82, 2.24) is 5.32 Å². The van der Waals surface area contributed by atoms with E-state index in [2.05, 4.69) is 35.3 Å². The average molecular weight is 452 g/mol. The van der Waals surface area contributed by atoms with Crippen LogP contribution in [0.5, 0.6) is 17.2 Å². The van der Waals surface area contributed by atoms with Crippen molar-refractivity contribution in [2.24, 2.45) is 0 Å². The van der Waals surface area contributed by atoms with Crippen LogP contribution in [0.4, 0.5) is 0 Å². The van der Waals surface area contributed by atoms with E-state index in [1.165, 1.54) is 4.90 Å². The zero-order valence-corrected chi connectivity index (χ0v) is 18.6. The van der Waals surface area contributed by atoms with Gasteiger partial charge in [0.25, 0.3) is 5.91 Å². The Hall–Kier alpha value is -2.25. The first kappa shape index (κ1) is 22.0. The number of likely N-dealkylation sites (N-methyl/N-ethyl adjacent to an activating group) is 1. The first-order valence-electron chi connectivity index (χ1n) is 9.13. The van der Waals surface area contributed by atoms with Gasteiger partial charge in [0.1, 0.15) is 11.8 Å². The van der Waals surface area contributed by atoms with Crippen LogP contribution in [0.25, 0.3) is 0 Å². The van der Waals surface area contributed by atoms with Crippen molar-refractivity contribution >= 4 is 21.8 Å². The van der Waals surface area contributed by atoms with Crippen LogP contribution in [-0.2, 0) is 0 Å². The smallest absolute Gasteiger partial charge is 0.251 e. The molecule has 1 atom stereocenters. The fourth-order valence-corrected chi connectivity index (χ4v) is 3.55. The maximum absolute atomic E-state index is 12.8. The third-order valence-corrected chi connectivity index (χ3v) is 5.05. The van der Waals surface area contributed by atoms with Gasteiger partial charge in [-0.05, 0) is 59.3 Å². The number of ether oxygens (including phenoxy) is 3. The van der Waals surface area contributed by atoms with Crippen LogP contribution in [-0.4, -0.2) is 47.4 Å². The maximum atomic E-state index is 12.8. The van der Waals surface area contributed by atoms with E-state index >= 15 is 0 Å². The molecule has 0 spiro atoms. The first-order chi connectivity index (χ1) is 13.4. The Morgan fingerprint density at radius 1 is 1.14 bits per heavy atom. The molecule has 7 heteroatoms. The van der Waals surface area contributed by atoms with Gasteiger partial charge in [-0.15, -0.1) is 0 Å². The summed E-state index contributed by atoms with van der Waals surface area (Å²) < 4.78 is 16.9. The molecule has 1 amide bonds. The molecule has 0 heterocycles. The topological polar surface area (TPSA) is 61.2 Å². The lowest BCUT2D eigenvalue weighted by molar-refractivity contribution is -0.890. The Balaban J connectivity index is 2.16. The highest BCUT2D eigenvalue weighted by molar-refractivity contribution is 9.10. The highest BCUT2D eigenvalue weighted by Gasteiger charge is 2.21. The summed E-state index contributed by atoms with van der Waals surface area (Å²) in [6, 6.07) is 11.5. The van der Waals surface area contributed by atoms with E-state index in [1.807, 2.05) is 31.2 Å². The number of rotatable bonds is 9. The minimum Gasteiger partial charge on any atom is -0.497 e. The number of benzene rings is 2. The zero-order valence-electron chi connectivity index (χ0n) is 17.0. The molecule has 0 radical (unpaired) electrons. The highest BCUT2D eigenvalue weighted by Crippen LogP contribution is 2.36. The maximum Gasteiger partial charge on any atom is 0.251 e. The van der Waals surface area contributed by atoms with Crippen molar-refractivity contribution in [3.05, 3.63) is 52.0 Å². The van der Waals surface area contributed by atoms with E-state index in [4.69, 9.17) is 14.2 Å². The quantitative estimate of drug-likeness (QED) is 0.614. The first-order valence-corrected chi connectivity index (χ1v) is 9.93. The summed E-state index contributed by atoms with van der Waals surface area (Å²) in [4.78, 5) is 14.0. The molecule has 0 aliphatic heterocycles. The number of hydrogen-bond acceptors (Lipinski definition) is 4. The van der Waals surface area contributed by atoms with Gasteiger partial charge in [-0.2, -0.15) is 0 Å². The number of halogens is 1. The predicted molar refractivity (Wildman–Crippen MR) is 113 cm³/mol. The molecule has 0 bridgehead atoms. The van der Waals surface area contributed by atoms with Gasteiger partial charge in [0.2, 0.25) is 0 Å².